The summed E-state index contributed by atoms with van der Waals surface area (Å²) in [6.45, 7) is 1.45. The van der Waals surface area contributed by atoms with Crippen LogP contribution in [0.15, 0.2) is 77.2 Å². The van der Waals surface area contributed by atoms with Crippen LogP contribution in [0.2, 0.25) is 0 Å². The number of benzene rings is 2. The van der Waals surface area contributed by atoms with Crippen LogP contribution in [0, 0.1) is 0 Å². The third-order valence-electron chi connectivity index (χ3n) is 5.18. The Labute approximate surface area is 183 Å². The molecule has 7 heteroatoms. The summed E-state index contributed by atoms with van der Waals surface area (Å²) in [5.74, 6) is -0.140. The molecule has 0 unspecified atom stereocenters. The second-order valence-electron chi connectivity index (χ2n) is 7.42. The first-order chi connectivity index (χ1) is 15.6. The first kappa shape index (κ1) is 19.4. The summed E-state index contributed by atoms with van der Waals surface area (Å²) in [5, 5.41) is 24.5. The number of aromatic nitrogens is 2. The minimum atomic E-state index is -0.175. The second kappa shape index (κ2) is 7.96. The highest BCUT2D eigenvalue weighted by Gasteiger charge is 2.13. The Hall–Kier alpha value is -4.52. The van der Waals surface area contributed by atoms with Crippen molar-refractivity contribution in [3.05, 3.63) is 88.6 Å². The van der Waals surface area contributed by atoms with E-state index in [9.17, 15) is 9.90 Å². The number of carbonyl (C=O) groups excluding carboxylic acids is 1. The van der Waals surface area contributed by atoms with E-state index in [4.69, 9.17) is 0 Å². The van der Waals surface area contributed by atoms with Gasteiger partial charge in [-0.1, -0.05) is 24.3 Å². The molecule has 2 aromatic heterocycles. The molecule has 1 aliphatic heterocycles. The lowest BCUT2D eigenvalue weighted by atomic mass is 10.1. The number of hydrogen-bond donors (Lipinski definition) is 3. The Bertz CT molecular complexity index is 1530. The van der Waals surface area contributed by atoms with Crippen molar-refractivity contribution in [1.29, 1.82) is 0 Å². The molecule has 32 heavy (non-hydrogen) atoms. The molecule has 3 N–H and O–H groups in total. The molecule has 1 amide bonds. The van der Waals surface area contributed by atoms with Gasteiger partial charge in [-0.2, -0.15) is 0 Å². The molecule has 0 fully saturated rings. The number of amides is 1. The first-order valence-corrected chi connectivity index (χ1v) is 10.1. The first-order valence-electron chi connectivity index (χ1n) is 10.1. The van der Waals surface area contributed by atoms with Gasteiger partial charge in [0.05, 0.1) is 22.6 Å². The van der Waals surface area contributed by atoms with Crippen molar-refractivity contribution in [2.75, 3.05) is 5.32 Å². The lowest BCUT2D eigenvalue weighted by Gasteiger charge is -2.03. The lowest BCUT2D eigenvalue weighted by molar-refractivity contribution is -0.114. The van der Waals surface area contributed by atoms with Gasteiger partial charge in [0.2, 0.25) is 5.91 Å². The molecule has 7 nitrogen and oxygen atoms in total. The largest absolute Gasteiger partial charge is 0.494 e. The molecule has 0 saturated carbocycles. The zero-order valence-corrected chi connectivity index (χ0v) is 17.2. The van der Waals surface area contributed by atoms with E-state index in [0.717, 1.165) is 32.8 Å². The lowest BCUT2D eigenvalue weighted by Crippen LogP contribution is -2.08. The maximum atomic E-state index is 11.5. The summed E-state index contributed by atoms with van der Waals surface area (Å²) >= 11 is 0. The Morgan fingerprint density at radius 2 is 1.91 bits per heavy atom. The van der Waals surface area contributed by atoms with Crippen LogP contribution in [-0.2, 0) is 4.79 Å². The van der Waals surface area contributed by atoms with Crippen LogP contribution in [0.25, 0.3) is 28.8 Å². The summed E-state index contributed by atoms with van der Waals surface area (Å²) < 4.78 is 0. The van der Waals surface area contributed by atoms with Gasteiger partial charge in [-0.3, -0.25) is 9.78 Å². The fourth-order valence-corrected chi connectivity index (χ4v) is 3.70. The number of aromatic amines is 1. The van der Waals surface area contributed by atoms with Crippen molar-refractivity contribution in [1.82, 2.24) is 9.97 Å². The van der Waals surface area contributed by atoms with Gasteiger partial charge < -0.3 is 15.4 Å². The molecule has 0 saturated heterocycles. The Morgan fingerprint density at radius 1 is 1.06 bits per heavy atom. The maximum absolute atomic E-state index is 11.5. The molecule has 1 aliphatic rings. The number of para-hydroxylation sites is 1. The molecule has 0 radical (unpaired) electrons. The van der Waals surface area contributed by atoms with Gasteiger partial charge in [0.15, 0.2) is 5.88 Å². The SMILES string of the molecule is CC(=O)Nc1cccc2c(C=c3ccc4c(c3)N=NC=4/C=C/c3ccncc3)c(O)[nH]c12. The molecule has 2 aromatic carbocycles. The number of carbonyl (C=O) groups is 1. The summed E-state index contributed by atoms with van der Waals surface area (Å²) in [5.41, 5.74) is 4.53. The molecule has 5 rings (SSSR count). The van der Waals surface area contributed by atoms with Crippen LogP contribution in [0.3, 0.4) is 0 Å². The fourth-order valence-electron chi connectivity index (χ4n) is 3.70. The molecule has 0 spiro atoms. The second-order valence-corrected chi connectivity index (χ2v) is 7.42. The maximum Gasteiger partial charge on any atom is 0.221 e. The predicted octanol–water partition coefficient (Wildman–Crippen LogP) is 3.97. The average Bonchev–Trinajstić information content (AvgIpc) is 3.34. The zero-order chi connectivity index (χ0) is 22.1. The van der Waals surface area contributed by atoms with Crippen LogP contribution in [0.1, 0.15) is 18.1 Å². The van der Waals surface area contributed by atoms with Crippen molar-refractivity contribution in [2.24, 2.45) is 10.2 Å². The van der Waals surface area contributed by atoms with E-state index < -0.39 is 0 Å². The molecule has 0 aliphatic carbocycles. The third-order valence-corrected chi connectivity index (χ3v) is 5.18. The van der Waals surface area contributed by atoms with E-state index in [1.165, 1.54) is 6.92 Å². The van der Waals surface area contributed by atoms with E-state index in [1.807, 2.05) is 60.7 Å². The molecule has 4 aromatic rings. The number of hydrogen-bond acceptors (Lipinski definition) is 5. The van der Waals surface area contributed by atoms with Gasteiger partial charge in [-0.25, -0.2) is 0 Å². The number of aromatic hydroxyl groups is 1. The molecule has 0 bridgehead atoms. The van der Waals surface area contributed by atoms with Gasteiger partial charge in [0.1, 0.15) is 0 Å². The quantitative estimate of drug-likeness (QED) is 0.464. The van der Waals surface area contributed by atoms with E-state index in [1.54, 1.807) is 18.5 Å². The van der Waals surface area contributed by atoms with Crippen molar-refractivity contribution in [3.63, 3.8) is 0 Å². The van der Waals surface area contributed by atoms with Gasteiger partial charge in [0, 0.05) is 35.5 Å². The summed E-state index contributed by atoms with van der Waals surface area (Å²) in [7, 11) is 0. The van der Waals surface area contributed by atoms with Crippen LogP contribution < -0.4 is 15.8 Å². The van der Waals surface area contributed by atoms with E-state index >= 15 is 0 Å². The topological polar surface area (TPSA) is 103 Å². The number of anilines is 1. The average molecular weight is 421 g/mol. The smallest absolute Gasteiger partial charge is 0.221 e. The summed E-state index contributed by atoms with van der Waals surface area (Å²) in [6.07, 6.45) is 9.28. The van der Waals surface area contributed by atoms with E-state index in [-0.39, 0.29) is 11.8 Å². The van der Waals surface area contributed by atoms with Crippen LogP contribution in [0.5, 0.6) is 5.88 Å². The Morgan fingerprint density at radius 3 is 2.72 bits per heavy atom. The van der Waals surface area contributed by atoms with Gasteiger partial charge in [-0.05, 0) is 53.3 Å². The molecule has 0 atom stereocenters. The van der Waals surface area contributed by atoms with Crippen molar-refractivity contribution >= 4 is 46.0 Å². The van der Waals surface area contributed by atoms with E-state index in [2.05, 4.69) is 25.5 Å². The minimum absolute atomic E-state index is 0.0347. The summed E-state index contributed by atoms with van der Waals surface area (Å²) in [4.78, 5) is 18.5. The van der Waals surface area contributed by atoms with Gasteiger partial charge in [0.25, 0.3) is 0 Å². The number of nitrogens with zero attached hydrogens (tertiary/aromatic N) is 3. The van der Waals surface area contributed by atoms with Crippen LogP contribution in [0.4, 0.5) is 11.4 Å². The van der Waals surface area contributed by atoms with Crippen molar-refractivity contribution in [2.45, 2.75) is 6.92 Å². The molecule has 156 valence electrons. The predicted molar refractivity (Wildman–Crippen MR) is 125 cm³/mol. The Kier molecular flexibility index (Phi) is 4.84. The number of azo groups is 1. The van der Waals surface area contributed by atoms with Crippen LogP contribution in [-0.4, -0.2) is 21.0 Å². The van der Waals surface area contributed by atoms with Crippen molar-refractivity contribution in [3.8, 4) is 5.88 Å². The standard InChI is InChI=1S/C25H19N5O2/c1-15(31)27-22-4-2-3-18-20(25(32)28-24(18)22)13-17-5-7-19-21(29-30-23(19)14-17)8-6-16-9-11-26-12-10-16/h2-14,28,32H,1H3,(H,27,31)/b8-6+,17-13?. The highest BCUT2D eigenvalue weighted by molar-refractivity contribution is 6.03. The molecule has 3 heterocycles. The minimum Gasteiger partial charge on any atom is -0.494 e. The highest BCUT2D eigenvalue weighted by Crippen LogP contribution is 2.32. The van der Waals surface area contributed by atoms with E-state index in [0.29, 0.717) is 16.8 Å². The number of H-pyrrole nitrogens is 1. The number of nitrogens with one attached hydrogen (secondary N) is 2. The summed E-state index contributed by atoms with van der Waals surface area (Å²) in [6, 6.07) is 15.2. The molecular formula is C25H19N5O2. The van der Waals surface area contributed by atoms with Crippen molar-refractivity contribution < 1.29 is 9.90 Å². The fraction of sp³-hybridized carbons (Fsp3) is 0.0400. The monoisotopic (exact) mass is 421 g/mol. The van der Waals surface area contributed by atoms with Crippen LogP contribution >= 0.6 is 0 Å². The highest BCUT2D eigenvalue weighted by atomic mass is 16.3. The normalized spacial score (nSPS) is 13.3. The Balaban J connectivity index is 1.55. The zero-order valence-electron chi connectivity index (χ0n) is 17.2. The number of pyridine rings is 1. The third kappa shape index (κ3) is 3.67. The molecular weight excluding hydrogens is 402 g/mol. The van der Waals surface area contributed by atoms with Gasteiger partial charge >= 0.3 is 0 Å². The van der Waals surface area contributed by atoms with Gasteiger partial charge in [-0.15, -0.1) is 10.2 Å². The number of rotatable bonds is 4. The number of fused-ring (bicyclic) bond motifs is 2.